The molecule has 42 heavy (non-hydrogen) atoms. The van der Waals surface area contributed by atoms with Crippen LogP contribution >= 0.6 is 0 Å². The van der Waals surface area contributed by atoms with Crippen molar-refractivity contribution in [1.29, 1.82) is 5.26 Å². The monoisotopic (exact) mass is 557 g/mol. The highest BCUT2D eigenvalue weighted by atomic mass is 16.2. The molecule has 4 aromatic carbocycles. The van der Waals surface area contributed by atoms with Gasteiger partial charge >= 0.3 is 0 Å². The van der Waals surface area contributed by atoms with Crippen LogP contribution in [0.25, 0.3) is 11.1 Å². The van der Waals surface area contributed by atoms with Gasteiger partial charge in [-0.05, 0) is 41.2 Å². The van der Waals surface area contributed by atoms with Crippen molar-refractivity contribution in [3.8, 4) is 17.2 Å². The van der Waals surface area contributed by atoms with Gasteiger partial charge in [0.2, 0.25) is 5.91 Å². The number of nitriles is 1. The lowest BCUT2D eigenvalue weighted by Gasteiger charge is -2.24. The molecule has 0 fully saturated rings. The van der Waals surface area contributed by atoms with E-state index in [1.54, 1.807) is 24.3 Å². The van der Waals surface area contributed by atoms with Crippen LogP contribution in [-0.4, -0.2) is 37.1 Å². The van der Waals surface area contributed by atoms with Gasteiger partial charge in [-0.2, -0.15) is 5.26 Å². The van der Waals surface area contributed by atoms with Crippen LogP contribution in [0.1, 0.15) is 52.5 Å². The topological polar surface area (TPSA) is 90.3 Å². The minimum Gasteiger partial charge on any atom is -0.356 e. The molecule has 0 aliphatic carbocycles. The number of nitrogens with zero attached hydrogens (tertiary/aromatic N) is 2. The van der Waals surface area contributed by atoms with Crippen molar-refractivity contribution in [3.63, 3.8) is 0 Å². The van der Waals surface area contributed by atoms with E-state index in [0.717, 1.165) is 22.4 Å². The summed E-state index contributed by atoms with van der Waals surface area (Å²) in [5.41, 5.74) is 4.75. The van der Waals surface area contributed by atoms with Gasteiger partial charge in [-0.1, -0.05) is 111 Å². The average Bonchev–Trinajstić information content (AvgIpc) is 3.03. The Morgan fingerprint density at radius 3 is 1.83 bits per heavy atom. The van der Waals surface area contributed by atoms with Crippen LogP contribution in [0.4, 0.5) is 5.69 Å². The van der Waals surface area contributed by atoms with Crippen LogP contribution in [0.3, 0.4) is 0 Å². The predicted molar refractivity (Wildman–Crippen MR) is 166 cm³/mol. The summed E-state index contributed by atoms with van der Waals surface area (Å²) in [5, 5.41) is 11.6. The molecule has 0 radical (unpaired) electrons. The summed E-state index contributed by atoms with van der Waals surface area (Å²) in [6, 6.07) is 35.8. The molecule has 0 spiro atoms. The second-order valence-electron chi connectivity index (χ2n) is 10.7. The fourth-order valence-electron chi connectivity index (χ4n) is 4.93. The van der Waals surface area contributed by atoms with Gasteiger partial charge in [-0.15, -0.1) is 0 Å². The molecule has 0 aromatic heterocycles. The second-order valence-corrected chi connectivity index (χ2v) is 10.7. The Balaban J connectivity index is 1.60. The molecule has 1 amide bonds. The van der Waals surface area contributed by atoms with Gasteiger partial charge < -0.3 is 10.2 Å². The molecule has 0 bridgehead atoms. The van der Waals surface area contributed by atoms with Gasteiger partial charge in [0.1, 0.15) is 6.54 Å². The Bertz CT molecular complexity index is 1490. The number of carbonyl (C=O) groups excluding carboxylic acids is 3. The first kappa shape index (κ1) is 30.0. The highest BCUT2D eigenvalue weighted by molar-refractivity contribution is 6.03. The molecule has 0 aliphatic rings. The van der Waals surface area contributed by atoms with Crippen LogP contribution in [0.5, 0.6) is 0 Å². The second kappa shape index (κ2) is 14.6. The predicted octanol–water partition coefficient (Wildman–Crippen LogP) is 6.70. The third kappa shape index (κ3) is 8.02. The minimum atomic E-state index is -0.360. The van der Waals surface area contributed by atoms with Crippen molar-refractivity contribution in [2.45, 2.75) is 26.2 Å². The molecule has 4 aromatic rings. The first-order chi connectivity index (χ1) is 20.4. The number of ketones is 2. The third-order valence-electron chi connectivity index (χ3n) is 7.08. The highest BCUT2D eigenvalue weighted by Gasteiger charge is 2.22. The lowest BCUT2D eigenvalue weighted by molar-refractivity contribution is -0.122. The summed E-state index contributed by atoms with van der Waals surface area (Å²) in [4.78, 5) is 40.9. The molecular formula is C36H35N3O3. The summed E-state index contributed by atoms with van der Waals surface area (Å²) >= 11 is 0. The van der Waals surface area contributed by atoms with E-state index in [4.69, 9.17) is 5.26 Å². The average molecular weight is 558 g/mol. The third-order valence-corrected chi connectivity index (χ3v) is 7.08. The molecule has 0 aliphatic heterocycles. The molecule has 1 atom stereocenters. The van der Waals surface area contributed by atoms with Crippen molar-refractivity contribution in [1.82, 2.24) is 5.32 Å². The summed E-state index contributed by atoms with van der Waals surface area (Å²) in [5.74, 6) is -0.354. The Labute approximate surface area is 247 Å². The van der Waals surface area contributed by atoms with E-state index in [2.05, 4.69) is 19.2 Å². The van der Waals surface area contributed by atoms with E-state index in [-0.39, 0.29) is 43.0 Å². The van der Waals surface area contributed by atoms with Crippen molar-refractivity contribution in [2.75, 3.05) is 24.5 Å². The molecule has 0 saturated carbocycles. The molecule has 0 unspecified atom stereocenters. The standard InChI is InChI=1S/C36H35N3O3/c1-26(2)22-33(36(42)38-21-20-37)31-15-9-14-30(23-31)27-16-18-32(19-17-27)39(24-34(40)28-10-5-3-6-11-28)25-35(41)29-12-7-4-8-13-29/h3-19,23,26,33H,21-22,24-25H2,1-2H3,(H,38,42)/t33-/m0/s1. The zero-order valence-corrected chi connectivity index (χ0v) is 24.0. The molecule has 0 saturated heterocycles. The maximum Gasteiger partial charge on any atom is 0.228 e. The molecule has 6 nitrogen and oxygen atoms in total. The first-order valence-corrected chi connectivity index (χ1v) is 14.1. The van der Waals surface area contributed by atoms with Gasteiger partial charge in [0, 0.05) is 16.8 Å². The molecule has 6 heteroatoms. The van der Waals surface area contributed by atoms with Crippen LogP contribution < -0.4 is 10.2 Å². The van der Waals surface area contributed by atoms with Gasteiger partial charge in [-0.25, -0.2) is 0 Å². The van der Waals surface area contributed by atoms with E-state index in [1.165, 1.54) is 0 Å². The zero-order valence-electron chi connectivity index (χ0n) is 24.0. The van der Waals surface area contributed by atoms with Crippen molar-refractivity contribution in [3.05, 3.63) is 126 Å². The van der Waals surface area contributed by atoms with E-state index in [1.807, 2.05) is 95.9 Å². The number of benzene rings is 4. The number of Topliss-reactive ketones (excluding diaryl/α,β-unsaturated/α-hetero) is 2. The quantitative estimate of drug-likeness (QED) is 0.146. The van der Waals surface area contributed by atoms with Gasteiger partial charge in [0.05, 0.1) is 25.1 Å². The number of hydrogen-bond donors (Lipinski definition) is 1. The van der Waals surface area contributed by atoms with Crippen molar-refractivity contribution in [2.24, 2.45) is 5.92 Å². The normalized spacial score (nSPS) is 11.4. The smallest absolute Gasteiger partial charge is 0.228 e. The number of amides is 1. The summed E-state index contributed by atoms with van der Waals surface area (Å²) in [6.45, 7) is 4.25. The van der Waals surface area contributed by atoms with Crippen LogP contribution in [0, 0.1) is 17.2 Å². The number of anilines is 1. The maximum absolute atomic E-state index is 13.1. The van der Waals surface area contributed by atoms with E-state index in [0.29, 0.717) is 23.5 Å². The van der Waals surface area contributed by atoms with Gasteiger partial charge in [0.15, 0.2) is 11.6 Å². The largest absolute Gasteiger partial charge is 0.356 e. The Morgan fingerprint density at radius 2 is 1.31 bits per heavy atom. The SMILES string of the molecule is CC(C)C[C@H](C(=O)NCC#N)c1cccc(-c2ccc(N(CC(=O)c3ccccc3)CC(=O)c3ccccc3)cc2)c1. The van der Waals surface area contributed by atoms with E-state index < -0.39 is 0 Å². The summed E-state index contributed by atoms with van der Waals surface area (Å²) < 4.78 is 0. The molecule has 0 heterocycles. The molecule has 1 N–H and O–H groups in total. The fraction of sp³-hybridized carbons (Fsp3) is 0.222. The Morgan fingerprint density at radius 1 is 0.738 bits per heavy atom. The minimum absolute atomic E-state index is 0.0232. The Hall–Kier alpha value is -5.02. The first-order valence-electron chi connectivity index (χ1n) is 14.1. The van der Waals surface area contributed by atoms with Crippen LogP contribution in [0.15, 0.2) is 109 Å². The zero-order chi connectivity index (χ0) is 29.9. The lowest BCUT2D eigenvalue weighted by Crippen LogP contribution is -2.34. The number of hydrogen-bond acceptors (Lipinski definition) is 5. The Kier molecular flexibility index (Phi) is 10.4. The maximum atomic E-state index is 13.1. The molecule has 4 rings (SSSR count). The number of rotatable bonds is 13. The van der Waals surface area contributed by atoms with E-state index in [9.17, 15) is 14.4 Å². The fourth-order valence-corrected chi connectivity index (χ4v) is 4.93. The van der Waals surface area contributed by atoms with Gasteiger partial charge in [-0.3, -0.25) is 14.4 Å². The number of nitrogens with one attached hydrogen (secondary N) is 1. The number of carbonyl (C=O) groups is 3. The van der Waals surface area contributed by atoms with Crippen molar-refractivity contribution >= 4 is 23.2 Å². The summed E-state index contributed by atoms with van der Waals surface area (Å²) in [6.07, 6.45) is 0.666. The van der Waals surface area contributed by atoms with Crippen molar-refractivity contribution < 1.29 is 14.4 Å². The van der Waals surface area contributed by atoms with E-state index >= 15 is 0 Å². The van der Waals surface area contributed by atoms with Gasteiger partial charge in [0.25, 0.3) is 0 Å². The highest BCUT2D eigenvalue weighted by Crippen LogP contribution is 2.30. The van der Waals surface area contributed by atoms with Crippen LogP contribution in [-0.2, 0) is 4.79 Å². The molecular weight excluding hydrogens is 522 g/mol. The lowest BCUT2D eigenvalue weighted by atomic mass is 9.88. The molecule has 212 valence electrons. The van der Waals surface area contributed by atoms with Crippen LogP contribution in [0.2, 0.25) is 0 Å². The summed E-state index contributed by atoms with van der Waals surface area (Å²) in [7, 11) is 0.